The summed E-state index contributed by atoms with van der Waals surface area (Å²) in [5, 5.41) is 2.23. The summed E-state index contributed by atoms with van der Waals surface area (Å²) < 4.78 is 2.25. The summed E-state index contributed by atoms with van der Waals surface area (Å²) >= 11 is 1.82. The first-order valence-corrected chi connectivity index (χ1v) is 8.93. The number of rotatable bonds is 2. The third kappa shape index (κ3) is 1.62. The van der Waals surface area contributed by atoms with Crippen molar-refractivity contribution in [3.05, 3.63) is 100 Å². The summed E-state index contributed by atoms with van der Waals surface area (Å²) in [4.78, 5) is 5.69. The molecular formula is C21H16N2S. The Balaban J connectivity index is 1.98. The third-order valence-electron chi connectivity index (χ3n) is 4.90. The highest BCUT2D eigenvalue weighted by molar-refractivity contribution is 7.10. The smallest absolute Gasteiger partial charge is 0.131 e. The molecule has 2 heterocycles. The lowest BCUT2D eigenvalue weighted by molar-refractivity contribution is 0.537. The largest absolute Gasteiger partial charge is 0.318 e. The van der Waals surface area contributed by atoms with E-state index in [0.29, 0.717) is 0 Å². The minimum atomic E-state index is -0.331. The van der Waals surface area contributed by atoms with Crippen LogP contribution in [0.1, 0.15) is 21.6 Å². The molecular weight excluding hydrogens is 312 g/mol. The highest BCUT2D eigenvalue weighted by Gasteiger charge is 2.46. The maximum absolute atomic E-state index is 4.36. The van der Waals surface area contributed by atoms with Gasteiger partial charge in [-0.05, 0) is 46.2 Å². The number of aromatic nitrogens is 2. The summed E-state index contributed by atoms with van der Waals surface area (Å²) in [6.07, 6.45) is 5.88. The molecule has 3 heteroatoms. The minimum Gasteiger partial charge on any atom is -0.318 e. The molecule has 1 aliphatic rings. The zero-order valence-electron chi connectivity index (χ0n) is 13.3. The summed E-state index contributed by atoms with van der Waals surface area (Å²) in [6.45, 7) is 2.16. The van der Waals surface area contributed by atoms with E-state index in [0.717, 1.165) is 0 Å². The Hall–Kier alpha value is -2.65. The predicted molar refractivity (Wildman–Crippen MR) is 98.4 cm³/mol. The molecule has 116 valence electrons. The Kier molecular flexibility index (Phi) is 2.82. The topological polar surface area (TPSA) is 17.8 Å². The Morgan fingerprint density at radius 2 is 1.62 bits per heavy atom. The van der Waals surface area contributed by atoms with Crippen LogP contribution in [0.3, 0.4) is 0 Å². The van der Waals surface area contributed by atoms with Gasteiger partial charge in [0, 0.05) is 17.3 Å². The van der Waals surface area contributed by atoms with Crippen LogP contribution in [0, 0.1) is 6.92 Å². The van der Waals surface area contributed by atoms with Crippen LogP contribution in [0.25, 0.3) is 11.1 Å². The van der Waals surface area contributed by atoms with Crippen molar-refractivity contribution in [2.24, 2.45) is 0 Å². The van der Waals surface area contributed by atoms with Gasteiger partial charge in [-0.2, -0.15) is 0 Å². The lowest BCUT2D eigenvalue weighted by Crippen LogP contribution is -2.33. The maximum Gasteiger partial charge on any atom is 0.131 e. The van der Waals surface area contributed by atoms with Crippen molar-refractivity contribution in [3.8, 4) is 11.1 Å². The first-order chi connectivity index (χ1) is 11.8. The van der Waals surface area contributed by atoms with E-state index in [1.54, 1.807) is 0 Å². The van der Waals surface area contributed by atoms with Gasteiger partial charge in [0.15, 0.2) is 0 Å². The van der Waals surface area contributed by atoms with Gasteiger partial charge >= 0.3 is 0 Å². The van der Waals surface area contributed by atoms with E-state index in [4.69, 9.17) is 0 Å². The van der Waals surface area contributed by atoms with E-state index in [-0.39, 0.29) is 5.54 Å². The van der Waals surface area contributed by atoms with Gasteiger partial charge in [0.05, 0.1) is 6.33 Å². The van der Waals surface area contributed by atoms with Crippen molar-refractivity contribution in [1.29, 1.82) is 0 Å². The normalized spacial score (nSPS) is 14.4. The molecule has 0 saturated carbocycles. The highest BCUT2D eigenvalue weighted by Crippen LogP contribution is 2.54. The average molecular weight is 328 g/mol. The molecule has 2 nitrogen and oxygen atoms in total. The molecule has 0 radical (unpaired) electrons. The molecule has 24 heavy (non-hydrogen) atoms. The van der Waals surface area contributed by atoms with Crippen molar-refractivity contribution in [2.75, 3.05) is 0 Å². The van der Waals surface area contributed by atoms with Gasteiger partial charge in [-0.1, -0.05) is 48.5 Å². The number of thiophene rings is 1. The van der Waals surface area contributed by atoms with Crippen LogP contribution < -0.4 is 0 Å². The Bertz CT molecular complexity index is 982. The monoisotopic (exact) mass is 328 g/mol. The number of fused-ring (bicyclic) bond motifs is 3. The zero-order chi connectivity index (χ0) is 16.1. The molecule has 0 bridgehead atoms. The molecule has 0 spiro atoms. The first-order valence-electron chi connectivity index (χ1n) is 8.05. The van der Waals surface area contributed by atoms with Crippen LogP contribution in [0.2, 0.25) is 0 Å². The quantitative estimate of drug-likeness (QED) is 0.442. The molecule has 5 rings (SSSR count). The highest BCUT2D eigenvalue weighted by atomic mass is 32.1. The number of benzene rings is 2. The van der Waals surface area contributed by atoms with Crippen molar-refractivity contribution in [3.63, 3.8) is 0 Å². The molecule has 0 aliphatic heterocycles. The second-order valence-electron chi connectivity index (χ2n) is 6.26. The van der Waals surface area contributed by atoms with Crippen molar-refractivity contribution in [1.82, 2.24) is 9.55 Å². The average Bonchev–Trinajstić information content (AvgIpc) is 3.33. The molecule has 2 aromatic heterocycles. The van der Waals surface area contributed by atoms with Crippen molar-refractivity contribution in [2.45, 2.75) is 12.5 Å². The summed E-state index contributed by atoms with van der Waals surface area (Å²) in [7, 11) is 0. The molecule has 2 aromatic carbocycles. The summed E-state index contributed by atoms with van der Waals surface area (Å²) in [5.74, 6) is 0. The third-order valence-corrected chi connectivity index (χ3v) is 6.06. The van der Waals surface area contributed by atoms with Gasteiger partial charge in [0.1, 0.15) is 5.54 Å². The first kappa shape index (κ1) is 13.8. The van der Waals surface area contributed by atoms with E-state index >= 15 is 0 Å². The zero-order valence-corrected chi connectivity index (χ0v) is 14.1. The number of nitrogens with zero attached hydrogens (tertiary/aromatic N) is 2. The van der Waals surface area contributed by atoms with E-state index in [9.17, 15) is 0 Å². The molecule has 0 saturated heterocycles. The van der Waals surface area contributed by atoms with E-state index in [1.165, 1.54) is 32.7 Å². The number of hydrogen-bond donors (Lipinski definition) is 0. The molecule has 0 amide bonds. The lowest BCUT2D eigenvalue weighted by atomic mass is 9.85. The van der Waals surface area contributed by atoms with Gasteiger partial charge in [-0.15, -0.1) is 11.3 Å². The maximum atomic E-state index is 4.36. The summed E-state index contributed by atoms with van der Waals surface area (Å²) in [6, 6.07) is 19.8. The molecule has 0 unspecified atom stereocenters. The van der Waals surface area contributed by atoms with Crippen LogP contribution in [-0.4, -0.2) is 9.55 Å². The fraction of sp³-hybridized carbons (Fsp3) is 0.0952. The van der Waals surface area contributed by atoms with Gasteiger partial charge in [-0.25, -0.2) is 4.98 Å². The second-order valence-corrected chi connectivity index (χ2v) is 7.17. The Morgan fingerprint density at radius 1 is 0.958 bits per heavy atom. The number of hydrogen-bond acceptors (Lipinski definition) is 2. The van der Waals surface area contributed by atoms with Crippen molar-refractivity contribution < 1.29 is 0 Å². The van der Waals surface area contributed by atoms with Crippen LogP contribution in [0.5, 0.6) is 0 Å². The van der Waals surface area contributed by atoms with Crippen LogP contribution in [-0.2, 0) is 5.54 Å². The van der Waals surface area contributed by atoms with Crippen LogP contribution >= 0.6 is 11.3 Å². The molecule has 0 atom stereocenters. The second kappa shape index (κ2) is 4.92. The van der Waals surface area contributed by atoms with Crippen molar-refractivity contribution >= 4 is 11.3 Å². The summed E-state index contributed by atoms with van der Waals surface area (Å²) in [5.41, 5.74) is 6.25. The van der Waals surface area contributed by atoms with E-state index in [1.807, 2.05) is 23.9 Å². The minimum absolute atomic E-state index is 0.331. The number of imidazole rings is 1. The standard InChI is InChI=1S/C21H16N2S/c1-15-12-20(24-13-15)21(23-11-10-22-14-23)18-8-4-2-6-16(18)17-7-3-5-9-19(17)21/h2-14H,1H3. The lowest BCUT2D eigenvalue weighted by Gasteiger charge is -2.32. The molecule has 0 fully saturated rings. The SMILES string of the molecule is Cc1csc(C2(n3ccnc3)c3ccccc3-c3ccccc32)c1. The molecule has 1 aliphatic carbocycles. The number of aryl methyl sites for hydroxylation is 1. The fourth-order valence-corrected chi connectivity index (χ4v) is 5.09. The molecule has 0 N–H and O–H groups in total. The van der Waals surface area contributed by atoms with Crippen LogP contribution in [0.15, 0.2) is 78.7 Å². The predicted octanol–water partition coefficient (Wildman–Crippen LogP) is 5.07. The molecule has 4 aromatic rings. The van der Waals surface area contributed by atoms with E-state index in [2.05, 4.69) is 82.6 Å². The van der Waals surface area contributed by atoms with Crippen LogP contribution in [0.4, 0.5) is 0 Å². The fourth-order valence-electron chi connectivity index (χ4n) is 3.96. The van der Waals surface area contributed by atoms with E-state index < -0.39 is 0 Å². The van der Waals surface area contributed by atoms with Gasteiger partial charge in [-0.3, -0.25) is 0 Å². The van der Waals surface area contributed by atoms with Gasteiger partial charge in [0.2, 0.25) is 0 Å². The van der Waals surface area contributed by atoms with Gasteiger partial charge in [0.25, 0.3) is 0 Å². The van der Waals surface area contributed by atoms with Gasteiger partial charge < -0.3 is 4.57 Å². The Morgan fingerprint density at radius 3 is 2.17 bits per heavy atom. The Labute approximate surface area is 145 Å².